The van der Waals surface area contributed by atoms with E-state index in [0.29, 0.717) is 17.8 Å². The van der Waals surface area contributed by atoms with Crippen LogP contribution < -0.4 is 5.32 Å². The monoisotopic (exact) mass is 280 g/mol. The number of nitrogens with zero attached hydrogens (tertiary/aromatic N) is 5. The molecule has 0 saturated carbocycles. The van der Waals surface area contributed by atoms with Gasteiger partial charge in [0.1, 0.15) is 0 Å². The van der Waals surface area contributed by atoms with Crippen molar-refractivity contribution in [2.75, 3.05) is 11.9 Å². The first-order valence-corrected chi connectivity index (χ1v) is 6.69. The van der Waals surface area contributed by atoms with Crippen molar-refractivity contribution >= 4 is 17.5 Å². The lowest BCUT2D eigenvalue weighted by Crippen LogP contribution is -2.10. The molecule has 0 aliphatic rings. The largest absolute Gasteiger partial charge is 0.354 e. The van der Waals surface area contributed by atoms with Crippen LogP contribution in [0.1, 0.15) is 38.8 Å². The highest BCUT2D eigenvalue weighted by molar-refractivity contribution is 6.28. The first kappa shape index (κ1) is 13.7. The fourth-order valence-electron chi connectivity index (χ4n) is 1.52. The van der Waals surface area contributed by atoms with E-state index >= 15 is 0 Å². The summed E-state index contributed by atoms with van der Waals surface area (Å²) in [5.74, 6) is 1.25. The molecule has 0 aliphatic heterocycles. The molecule has 7 heteroatoms. The van der Waals surface area contributed by atoms with Gasteiger partial charge in [-0.2, -0.15) is 20.1 Å². The topological polar surface area (TPSA) is 68.5 Å². The summed E-state index contributed by atoms with van der Waals surface area (Å²) in [6.07, 6.45) is 2.81. The van der Waals surface area contributed by atoms with E-state index in [4.69, 9.17) is 11.6 Å². The Hall–Kier alpha value is -1.69. The van der Waals surface area contributed by atoms with Crippen LogP contribution in [0.25, 0.3) is 5.95 Å². The maximum absolute atomic E-state index is 5.90. The molecule has 0 unspecified atom stereocenters. The minimum absolute atomic E-state index is 0.158. The van der Waals surface area contributed by atoms with Gasteiger partial charge in [0.25, 0.3) is 5.95 Å². The summed E-state index contributed by atoms with van der Waals surface area (Å²) >= 11 is 5.90. The number of hydrogen-bond acceptors (Lipinski definition) is 5. The fraction of sp³-hybridized carbons (Fsp3) is 0.500. The minimum Gasteiger partial charge on any atom is -0.354 e. The molecular weight excluding hydrogens is 264 g/mol. The second-order valence-corrected chi connectivity index (χ2v) is 4.83. The summed E-state index contributed by atoms with van der Waals surface area (Å²) in [5, 5.41) is 7.66. The first-order valence-electron chi connectivity index (χ1n) is 6.31. The molecule has 102 valence electrons. The van der Waals surface area contributed by atoms with E-state index in [1.54, 1.807) is 4.68 Å². The molecule has 0 aromatic carbocycles. The van der Waals surface area contributed by atoms with Crippen LogP contribution in [-0.4, -0.2) is 31.3 Å². The predicted octanol–water partition coefficient (Wildman–Crippen LogP) is 2.66. The molecule has 1 N–H and O–H groups in total. The molecule has 2 aromatic rings. The van der Waals surface area contributed by atoms with Gasteiger partial charge in [-0.1, -0.05) is 20.8 Å². The number of anilines is 1. The van der Waals surface area contributed by atoms with Gasteiger partial charge in [0.2, 0.25) is 11.2 Å². The molecule has 0 saturated heterocycles. The Morgan fingerprint density at radius 3 is 2.74 bits per heavy atom. The molecule has 0 bridgehead atoms. The van der Waals surface area contributed by atoms with Crippen LogP contribution in [0.2, 0.25) is 5.28 Å². The van der Waals surface area contributed by atoms with E-state index in [9.17, 15) is 0 Å². The van der Waals surface area contributed by atoms with Crippen LogP contribution in [0.3, 0.4) is 0 Å². The summed E-state index contributed by atoms with van der Waals surface area (Å²) in [4.78, 5) is 12.4. The summed E-state index contributed by atoms with van der Waals surface area (Å²) in [6, 6.07) is 1.95. The zero-order chi connectivity index (χ0) is 13.8. The van der Waals surface area contributed by atoms with Crippen molar-refractivity contribution in [2.24, 2.45) is 0 Å². The van der Waals surface area contributed by atoms with Gasteiger partial charge in [-0.15, -0.1) is 0 Å². The van der Waals surface area contributed by atoms with E-state index in [1.165, 1.54) is 0 Å². The predicted molar refractivity (Wildman–Crippen MR) is 74.8 cm³/mol. The second kappa shape index (κ2) is 5.97. The Kier molecular flexibility index (Phi) is 4.31. The third kappa shape index (κ3) is 3.41. The van der Waals surface area contributed by atoms with Gasteiger partial charge in [0.15, 0.2) is 0 Å². The van der Waals surface area contributed by atoms with Crippen molar-refractivity contribution in [1.82, 2.24) is 24.7 Å². The summed E-state index contributed by atoms with van der Waals surface area (Å²) in [7, 11) is 0. The van der Waals surface area contributed by atoms with Crippen molar-refractivity contribution in [2.45, 2.75) is 33.1 Å². The summed E-state index contributed by atoms with van der Waals surface area (Å²) in [6.45, 7) is 7.03. The van der Waals surface area contributed by atoms with Gasteiger partial charge >= 0.3 is 0 Å². The van der Waals surface area contributed by atoms with Gasteiger partial charge in [-0.3, -0.25) is 0 Å². The average Bonchev–Trinajstić information content (AvgIpc) is 2.85. The minimum atomic E-state index is 0.158. The number of hydrogen-bond donors (Lipinski definition) is 1. The standard InChI is InChI=1S/C12H17ClN6/c1-4-6-14-11-15-10(13)16-12(17-11)19-7-5-9(18-19)8(2)3/h5,7-8H,4,6H2,1-3H3,(H,14,15,16,17). The van der Waals surface area contributed by atoms with Crippen molar-refractivity contribution in [3.63, 3.8) is 0 Å². The van der Waals surface area contributed by atoms with Gasteiger partial charge in [-0.05, 0) is 30.0 Å². The number of aromatic nitrogens is 5. The summed E-state index contributed by atoms with van der Waals surface area (Å²) < 4.78 is 1.61. The van der Waals surface area contributed by atoms with Crippen molar-refractivity contribution in [3.8, 4) is 5.95 Å². The molecule has 0 radical (unpaired) electrons. The molecule has 0 spiro atoms. The van der Waals surface area contributed by atoms with E-state index in [0.717, 1.165) is 18.7 Å². The Morgan fingerprint density at radius 2 is 2.11 bits per heavy atom. The quantitative estimate of drug-likeness (QED) is 0.912. The maximum Gasteiger partial charge on any atom is 0.256 e. The van der Waals surface area contributed by atoms with Crippen LogP contribution >= 0.6 is 11.6 Å². The Bertz CT molecular complexity index is 551. The Labute approximate surface area is 117 Å². The lowest BCUT2D eigenvalue weighted by atomic mass is 10.1. The molecule has 2 rings (SSSR count). The van der Waals surface area contributed by atoms with Crippen LogP contribution in [0.5, 0.6) is 0 Å². The first-order chi connectivity index (χ1) is 9.10. The third-order valence-electron chi connectivity index (χ3n) is 2.54. The molecule has 0 amide bonds. The zero-order valence-electron chi connectivity index (χ0n) is 11.3. The van der Waals surface area contributed by atoms with Crippen LogP contribution in [-0.2, 0) is 0 Å². The van der Waals surface area contributed by atoms with Crippen molar-refractivity contribution in [1.29, 1.82) is 0 Å². The second-order valence-electron chi connectivity index (χ2n) is 4.49. The Morgan fingerprint density at radius 1 is 1.32 bits per heavy atom. The molecule has 2 aromatic heterocycles. The maximum atomic E-state index is 5.90. The van der Waals surface area contributed by atoms with Gasteiger partial charge < -0.3 is 5.32 Å². The normalized spacial score (nSPS) is 11.0. The van der Waals surface area contributed by atoms with Crippen LogP contribution in [0.15, 0.2) is 12.3 Å². The van der Waals surface area contributed by atoms with Crippen LogP contribution in [0, 0.1) is 0 Å². The van der Waals surface area contributed by atoms with Crippen molar-refractivity contribution in [3.05, 3.63) is 23.2 Å². The van der Waals surface area contributed by atoms with E-state index in [1.807, 2.05) is 12.3 Å². The van der Waals surface area contributed by atoms with E-state index < -0.39 is 0 Å². The van der Waals surface area contributed by atoms with Crippen molar-refractivity contribution < 1.29 is 0 Å². The van der Waals surface area contributed by atoms with Crippen LogP contribution in [0.4, 0.5) is 5.95 Å². The average molecular weight is 281 g/mol. The molecule has 2 heterocycles. The molecule has 0 aliphatic carbocycles. The van der Waals surface area contributed by atoms with E-state index in [2.05, 4.69) is 46.1 Å². The molecule has 19 heavy (non-hydrogen) atoms. The zero-order valence-corrected chi connectivity index (χ0v) is 12.0. The van der Waals surface area contributed by atoms with Gasteiger partial charge in [0, 0.05) is 12.7 Å². The Balaban J connectivity index is 2.29. The number of nitrogens with one attached hydrogen (secondary N) is 1. The number of rotatable bonds is 5. The highest BCUT2D eigenvalue weighted by atomic mass is 35.5. The lowest BCUT2D eigenvalue weighted by molar-refractivity contribution is 0.737. The van der Waals surface area contributed by atoms with E-state index in [-0.39, 0.29) is 5.28 Å². The van der Waals surface area contributed by atoms with Gasteiger partial charge in [-0.25, -0.2) is 4.68 Å². The highest BCUT2D eigenvalue weighted by Gasteiger charge is 2.09. The molecule has 0 fully saturated rings. The molecule has 0 atom stereocenters. The lowest BCUT2D eigenvalue weighted by Gasteiger charge is -2.05. The number of halogens is 1. The third-order valence-corrected chi connectivity index (χ3v) is 2.70. The molecule has 6 nitrogen and oxygen atoms in total. The highest BCUT2D eigenvalue weighted by Crippen LogP contribution is 2.14. The van der Waals surface area contributed by atoms with Gasteiger partial charge in [0.05, 0.1) is 5.69 Å². The fourth-order valence-corrected chi connectivity index (χ4v) is 1.67. The SMILES string of the molecule is CCCNc1nc(Cl)nc(-n2ccc(C(C)C)n2)n1. The summed E-state index contributed by atoms with van der Waals surface area (Å²) in [5.41, 5.74) is 0.986. The smallest absolute Gasteiger partial charge is 0.256 e. The molecular formula is C12H17ClN6.